The molecule has 6 heteroatoms. The second kappa shape index (κ2) is 9.86. The highest BCUT2D eigenvalue weighted by atomic mass is 35.5. The Morgan fingerprint density at radius 1 is 1.04 bits per heavy atom. The van der Waals surface area contributed by atoms with Gasteiger partial charge in [0, 0.05) is 35.9 Å². The Kier molecular flexibility index (Phi) is 7.25. The highest BCUT2D eigenvalue weighted by Gasteiger charge is 2.11. The van der Waals surface area contributed by atoms with Crippen LogP contribution in [-0.2, 0) is 4.79 Å². The van der Waals surface area contributed by atoms with Crippen LogP contribution in [-0.4, -0.2) is 25.6 Å². The first kappa shape index (κ1) is 19.8. The predicted molar refractivity (Wildman–Crippen MR) is 112 cm³/mol. The molecular formula is C21H24Cl2N2O2. The summed E-state index contributed by atoms with van der Waals surface area (Å²) in [6.45, 7) is 2.65. The average Bonchev–Trinajstić information content (AvgIpc) is 2.68. The van der Waals surface area contributed by atoms with Crippen LogP contribution in [0.2, 0.25) is 10.0 Å². The third-order valence-electron chi connectivity index (χ3n) is 4.57. The number of piperidine rings is 1. The zero-order valence-electron chi connectivity index (χ0n) is 15.2. The number of ether oxygens (including phenoxy) is 1. The van der Waals surface area contributed by atoms with Gasteiger partial charge in [0.25, 0.3) is 0 Å². The molecule has 3 rings (SSSR count). The van der Waals surface area contributed by atoms with Crippen LogP contribution in [0, 0.1) is 0 Å². The number of nitrogens with zero attached hydrogens (tertiary/aromatic N) is 1. The molecule has 0 saturated carbocycles. The van der Waals surface area contributed by atoms with Gasteiger partial charge in [0.05, 0.1) is 11.6 Å². The van der Waals surface area contributed by atoms with Crippen LogP contribution in [0.1, 0.15) is 32.1 Å². The van der Waals surface area contributed by atoms with Crippen molar-refractivity contribution in [2.24, 2.45) is 0 Å². The van der Waals surface area contributed by atoms with Crippen LogP contribution in [0.25, 0.3) is 0 Å². The second-order valence-corrected chi connectivity index (χ2v) is 7.51. The summed E-state index contributed by atoms with van der Waals surface area (Å²) in [5, 5.41) is 3.97. The minimum atomic E-state index is -0.0217. The van der Waals surface area contributed by atoms with Crippen molar-refractivity contribution in [3.63, 3.8) is 0 Å². The van der Waals surface area contributed by atoms with E-state index in [0.29, 0.717) is 35.2 Å². The van der Waals surface area contributed by atoms with Crippen molar-refractivity contribution in [3.05, 3.63) is 52.5 Å². The van der Waals surface area contributed by atoms with E-state index in [1.807, 2.05) is 12.1 Å². The van der Waals surface area contributed by atoms with Crippen molar-refractivity contribution in [1.82, 2.24) is 0 Å². The van der Waals surface area contributed by atoms with Gasteiger partial charge in [-0.15, -0.1) is 0 Å². The van der Waals surface area contributed by atoms with Crippen molar-refractivity contribution < 1.29 is 9.53 Å². The molecule has 0 spiro atoms. The van der Waals surface area contributed by atoms with Gasteiger partial charge in [-0.2, -0.15) is 0 Å². The summed E-state index contributed by atoms with van der Waals surface area (Å²) in [4.78, 5) is 14.5. The van der Waals surface area contributed by atoms with E-state index in [9.17, 15) is 4.79 Å². The van der Waals surface area contributed by atoms with Crippen LogP contribution >= 0.6 is 23.2 Å². The molecule has 0 unspecified atom stereocenters. The Labute approximate surface area is 170 Å². The molecule has 1 aliphatic rings. The molecule has 1 saturated heterocycles. The number of hydrogen-bond acceptors (Lipinski definition) is 3. The number of hydrogen-bond donors (Lipinski definition) is 1. The third kappa shape index (κ3) is 6.05. The topological polar surface area (TPSA) is 41.6 Å². The van der Waals surface area contributed by atoms with Gasteiger partial charge in [0.1, 0.15) is 5.75 Å². The number of carbonyl (C=O) groups excluding carboxylic acids is 1. The van der Waals surface area contributed by atoms with Gasteiger partial charge in [-0.3, -0.25) is 4.79 Å². The molecule has 0 aliphatic carbocycles. The fourth-order valence-corrected chi connectivity index (χ4v) is 3.60. The van der Waals surface area contributed by atoms with Gasteiger partial charge in [-0.05, 0) is 68.1 Å². The van der Waals surface area contributed by atoms with Gasteiger partial charge >= 0.3 is 0 Å². The van der Waals surface area contributed by atoms with Crippen molar-refractivity contribution in [3.8, 4) is 5.75 Å². The minimum absolute atomic E-state index is 0.0217. The van der Waals surface area contributed by atoms with Crippen molar-refractivity contribution in [1.29, 1.82) is 0 Å². The Morgan fingerprint density at radius 2 is 1.78 bits per heavy atom. The Balaban J connectivity index is 1.40. The summed E-state index contributed by atoms with van der Waals surface area (Å²) in [7, 11) is 0. The van der Waals surface area contributed by atoms with Gasteiger partial charge < -0.3 is 15.0 Å². The van der Waals surface area contributed by atoms with Crippen LogP contribution in [0.15, 0.2) is 42.5 Å². The van der Waals surface area contributed by atoms with E-state index < -0.39 is 0 Å². The summed E-state index contributed by atoms with van der Waals surface area (Å²) < 4.78 is 5.60. The normalized spacial score (nSPS) is 14.1. The quantitative estimate of drug-likeness (QED) is 0.592. The van der Waals surface area contributed by atoms with E-state index in [1.165, 1.54) is 24.9 Å². The molecular weight excluding hydrogens is 383 g/mol. The molecule has 1 N–H and O–H groups in total. The molecule has 1 fully saturated rings. The molecule has 0 aromatic heterocycles. The standard InChI is InChI=1S/C21H24Cl2N2O2/c22-16-6-11-20(19(23)15-16)27-14-4-5-21(26)24-17-7-9-18(10-8-17)25-12-2-1-3-13-25/h6-11,15H,1-5,12-14H2,(H,24,26). The predicted octanol–water partition coefficient (Wildman–Crippen LogP) is 5.78. The molecule has 2 aromatic carbocycles. The van der Waals surface area contributed by atoms with Crippen molar-refractivity contribution in [2.75, 3.05) is 29.9 Å². The minimum Gasteiger partial charge on any atom is -0.492 e. The molecule has 27 heavy (non-hydrogen) atoms. The molecule has 1 amide bonds. The van der Waals surface area contributed by atoms with Gasteiger partial charge in [0.15, 0.2) is 0 Å². The molecule has 0 bridgehead atoms. The SMILES string of the molecule is O=C(CCCOc1ccc(Cl)cc1Cl)Nc1ccc(N2CCCCC2)cc1. The number of amides is 1. The molecule has 1 aliphatic heterocycles. The maximum Gasteiger partial charge on any atom is 0.224 e. The summed E-state index contributed by atoms with van der Waals surface area (Å²) in [6.07, 6.45) is 4.82. The molecule has 4 nitrogen and oxygen atoms in total. The first-order chi connectivity index (χ1) is 13.1. The van der Waals surface area contributed by atoms with E-state index in [4.69, 9.17) is 27.9 Å². The van der Waals surface area contributed by atoms with Crippen LogP contribution < -0.4 is 15.0 Å². The van der Waals surface area contributed by atoms with E-state index in [0.717, 1.165) is 18.8 Å². The first-order valence-electron chi connectivity index (χ1n) is 9.34. The Hall–Kier alpha value is -1.91. The number of benzene rings is 2. The van der Waals surface area contributed by atoms with Gasteiger partial charge in [-0.1, -0.05) is 23.2 Å². The van der Waals surface area contributed by atoms with Crippen LogP contribution in [0.4, 0.5) is 11.4 Å². The average molecular weight is 407 g/mol. The highest BCUT2D eigenvalue weighted by molar-refractivity contribution is 6.35. The van der Waals surface area contributed by atoms with Gasteiger partial charge in [-0.25, -0.2) is 0 Å². The lowest BCUT2D eigenvalue weighted by Crippen LogP contribution is -2.29. The molecule has 0 atom stereocenters. The smallest absolute Gasteiger partial charge is 0.224 e. The summed E-state index contributed by atoms with van der Waals surface area (Å²) >= 11 is 11.9. The lowest BCUT2D eigenvalue weighted by Gasteiger charge is -2.28. The lowest BCUT2D eigenvalue weighted by molar-refractivity contribution is -0.116. The highest BCUT2D eigenvalue weighted by Crippen LogP contribution is 2.27. The Morgan fingerprint density at radius 3 is 2.48 bits per heavy atom. The maximum absolute atomic E-state index is 12.1. The zero-order chi connectivity index (χ0) is 19.1. The lowest BCUT2D eigenvalue weighted by atomic mass is 10.1. The molecule has 0 radical (unpaired) electrons. The van der Waals surface area contributed by atoms with E-state index in [2.05, 4.69) is 22.3 Å². The van der Waals surface area contributed by atoms with Crippen LogP contribution in [0.3, 0.4) is 0 Å². The number of halogens is 2. The summed E-state index contributed by atoms with van der Waals surface area (Å²) in [5.41, 5.74) is 2.04. The first-order valence-corrected chi connectivity index (χ1v) is 10.1. The largest absolute Gasteiger partial charge is 0.492 e. The third-order valence-corrected chi connectivity index (χ3v) is 5.10. The zero-order valence-corrected chi connectivity index (χ0v) is 16.7. The van der Waals surface area contributed by atoms with E-state index in [1.54, 1.807) is 18.2 Å². The fraction of sp³-hybridized carbons (Fsp3) is 0.381. The summed E-state index contributed by atoms with van der Waals surface area (Å²) in [5.74, 6) is 0.557. The maximum atomic E-state index is 12.1. The molecule has 144 valence electrons. The number of carbonyl (C=O) groups is 1. The Bertz CT molecular complexity index is 759. The second-order valence-electron chi connectivity index (χ2n) is 6.67. The van der Waals surface area contributed by atoms with E-state index in [-0.39, 0.29) is 5.91 Å². The van der Waals surface area contributed by atoms with Crippen molar-refractivity contribution >= 4 is 40.5 Å². The number of anilines is 2. The molecule has 1 heterocycles. The van der Waals surface area contributed by atoms with Crippen molar-refractivity contribution in [2.45, 2.75) is 32.1 Å². The van der Waals surface area contributed by atoms with E-state index >= 15 is 0 Å². The fourth-order valence-electron chi connectivity index (χ4n) is 3.14. The summed E-state index contributed by atoms with van der Waals surface area (Å²) in [6, 6.07) is 13.2. The number of nitrogens with one attached hydrogen (secondary N) is 1. The molecule has 2 aromatic rings. The monoisotopic (exact) mass is 406 g/mol. The van der Waals surface area contributed by atoms with Crippen LogP contribution in [0.5, 0.6) is 5.75 Å². The number of rotatable bonds is 7. The van der Waals surface area contributed by atoms with Gasteiger partial charge in [0.2, 0.25) is 5.91 Å².